The van der Waals surface area contributed by atoms with Gasteiger partial charge in [-0.3, -0.25) is 0 Å². The smallest absolute Gasteiger partial charge is 0.338 e. The van der Waals surface area contributed by atoms with E-state index in [4.69, 9.17) is 4.74 Å². The molecule has 1 unspecified atom stereocenters. The summed E-state index contributed by atoms with van der Waals surface area (Å²) in [7, 11) is -7.15. The van der Waals surface area contributed by atoms with Crippen molar-refractivity contribution in [1.82, 2.24) is 4.72 Å². The minimum atomic E-state index is -3.65. The summed E-state index contributed by atoms with van der Waals surface area (Å²) in [5, 5.41) is 0. The molecule has 158 valence electrons. The standard InChI is InChI=1S/C20H25NO6S2/c1-4-27-20(22)17-9-7-16(8-10-17)18(13-21-28(3,23)24)14-29(25,26)19-11-5-15(2)6-12-19/h5-12,18,21H,4,13-14H2,1-3H3. The normalized spacial score (nSPS) is 13.1. The van der Waals surface area contributed by atoms with Crippen LogP contribution in [0.25, 0.3) is 0 Å². The number of rotatable bonds is 9. The van der Waals surface area contributed by atoms with Gasteiger partial charge in [-0.05, 0) is 43.7 Å². The van der Waals surface area contributed by atoms with Crippen molar-refractivity contribution in [2.75, 3.05) is 25.2 Å². The molecule has 0 spiro atoms. The third-order valence-electron chi connectivity index (χ3n) is 4.29. The van der Waals surface area contributed by atoms with Crippen LogP contribution in [0.3, 0.4) is 0 Å². The third kappa shape index (κ3) is 6.95. The highest BCUT2D eigenvalue weighted by molar-refractivity contribution is 7.91. The first-order valence-corrected chi connectivity index (χ1v) is 12.6. The average molecular weight is 440 g/mol. The van der Waals surface area contributed by atoms with E-state index in [9.17, 15) is 21.6 Å². The maximum atomic E-state index is 12.9. The predicted octanol–water partition coefficient (Wildman–Crippen LogP) is 2.28. The van der Waals surface area contributed by atoms with Gasteiger partial charge in [-0.25, -0.2) is 26.4 Å². The summed E-state index contributed by atoms with van der Waals surface area (Å²) in [6.45, 7) is 3.73. The van der Waals surface area contributed by atoms with Crippen LogP contribution in [0.2, 0.25) is 0 Å². The molecule has 0 aliphatic rings. The van der Waals surface area contributed by atoms with Crippen LogP contribution in [-0.4, -0.2) is 48.0 Å². The van der Waals surface area contributed by atoms with Gasteiger partial charge in [-0.2, -0.15) is 0 Å². The molecule has 29 heavy (non-hydrogen) atoms. The maximum Gasteiger partial charge on any atom is 0.338 e. The van der Waals surface area contributed by atoms with Gasteiger partial charge in [0.15, 0.2) is 9.84 Å². The van der Waals surface area contributed by atoms with Crippen LogP contribution in [0.4, 0.5) is 0 Å². The number of benzene rings is 2. The van der Waals surface area contributed by atoms with Gasteiger partial charge >= 0.3 is 5.97 Å². The Hall–Kier alpha value is -2.23. The lowest BCUT2D eigenvalue weighted by molar-refractivity contribution is 0.0526. The molecule has 0 bridgehead atoms. The molecule has 0 amide bonds. The summed E-state index contributed by atoms with van der Waals surface area (Å²) in [6.07, 6.45) is 1.02. The van der Waals surface area contributed by atoms with E-state index in [0.717, 1.165) is 11.8 Å². The van der Waals surface area contributed by atoms with E-state index in [2.05, 4.69) is 4.72 Å². The number of sulfone groups is 1. The molecule has 1 atom stereocenters. The molecule has 0 fully saturated rings. The molecule has 2 aromatic carbocycles. The molecule has 0 aliphatic carbocycles. The molecule has 2 aromatic rings. The van der Waals surface area contributed by atoms with Crippen LogP contribution in [0, 0.1) is 6.92 Å². The average Bonchev–Trinajstić information content (AvgIpc) is 2.65. The Kier molecular flexibility index (Phi) is 7.56. The zero-order chi connectivity index (χ0) is 21.7. The van der Waals surface area contributed by atoms with E-state index < -0.39 is 31.7 Å². The molecule has 1 N–H and O–H groups in total. The molecule has 0 aromatic heterocycles. The van der Waals surface area contributed by atoms with Crippen molar-refractivity contribution in [1.29, 1.82) is 0 Å². The highest BCUT2D eigenvalue weighted by Crippen LogP contribution is 2.23. The summed E-state index contributed by atoms with van der Waals surface area (Å²) in [5.74, 6) is -1.39. The second-order valence-corrected chi connectivity index (χ2v) is 10.6. The Balaban J connectivity index is 2.31. The summed E-state index contributed by atoms with van der Waals surface area (Å²) < 4.78 is 56.1. The second kappa shape index (κ2) is 9.51. The highest BCUT2D eigenvalue weighted by atomic mass is 32.2. The number of hydrogen-bond donors (Lipinski definition) is 1. The SMILES string of the molecule is CCOC(=O)c1ccc(C(CNS(C)(=O)=O)CS(=O)(=O)c2ccc(C)cc2)cc1. The van der Waals surface area contributed by atoms with E-state index in [-0.39, 0.29) is 23.8 Å². The zero-order valence-electron chi connectivity index (χ0n) is 16.6. The van der Waals surface area contributed by atoms with Gasteiger partial charge in [0.1, 0.15) is 0 Å². The van der Waals surface area contributed by atoms with Crippen molar-refractivity contribution >= 4 is 25.8 Å². The number of esters is 1. The van der Waals surface area contributed by atoms with E-state index in [1.807, 2.05) is 6.92 Å². The van der Waals surface area contributed by atoms with Gasteiger partial charge in [-0.15, -0.1) is 0 Å². The molecule has 0 saturated heterocycles. The quantitative estimate of drug-likeness (QED) is 0.601. The first kappa shape index (κ1) is 23.1. The number of nitrogens with one attached hydrogen (secondary N) is 1. The van der Waals surface area contributed by atoms with Gasteiger partial charge in [0, 0.05) is 12.5 Å². The molecular weight excluding hydrogens is 414 g/mol. The third-order valence-corrected chi connectivity index (χ3v) is 6.81. The van der Waals surface area contributed by atoms with Crippen LogP contribution in [0.5, 0.6) is 0 Å². The Labute approximate surface area is 172 Å². The molecule has 2 rings (SSSR count). The molecule has 7 nitrogen and oxygen atoms in total. The van der Waals surface area contributed by atoms with Crippen LogP contribution < -0.4 is 4.72 Å². The minimum absolute atomic E-state index is 0.0807. The van der Waals surface area contributed by atoms with Gasteiger partial charge in [0.2, 0.25) is 10.0 Å². The summed E-state index contributed by atoms with van der Waals surface area (Å²) >= 11 is 0. The Bertz CT molecular complexity index is 1040. The topological polar surface area (TPSA) is 107 Å². The Morgan fingerprint density at radius 1 is 1.00 bits per heavy atom. The zero-order valence-corrected chi connectivity index (χ0v) is 18.2. The number of ether oxygens (including phenoxy) is 1. The first-order chi connectivity index (χ1) is 13.5. The fourth-order valence-corrected chi connectivity index (χ4v) is 4.82. The second-order valence-electron chi connectivity index (χ2n) is 6.75. The fourth-order valence-electron chi connectivity index (χ4n) is 2.74. The van der Waals surface area contributed by atoms with Gasteiger partial charge in [0.05, 0.1) is 29.1 Å². The number of aryl methyl sites for hydroxylation is 1. The van der Waals surface area contributed by atoms with Crippen molar-refractivity contribution in [3.8, 4) is 0 Å². The van der Waals surface area contributed by atoms with Gasteiger partial charge < -0.3 is 4.74 Å². The summed E-state index contributed by atoms with van der Waals surface area (Å²) in [5.41, 5.74) is 1.88. The van der Waals surface area contributed by atoms with E-state index in [1.165, 1.54) is 12.1 Å². The summed E-state index contributed by atoms with van der Waals surface area (Å²) in [4.78, 5) is 12.0. The van der Waals surface area contributed by atoms with E-state index >= 15 is 0 Å². The lowest BCUT2D eigenvalue weighted by Crippen LogP contribution is -2.30. The van der Waals surface area contributed by atoms with Crippen LogP contribution in [-0.2, 0) is 24.6 Å². The van der Waals surface area contributed by atoms with Crippen LogP contribution in [0.15, 0.2) is 53.4 Å². The number of sulfonamides is 1. The van der Waals surface area contributed by atoms with Crippen molar-refractivity contribution in [3.05, 3.63) is 65.2 Å². The van der Waals surface area contributed by atoms with E-state index in [1.54, 1.807) is 43.3 Å². The summed E-state index contributed by atoms with van der Waals surface area (Å²) in [6, 6.07) is 12.8. The largest absolute Gasteiger partial charge is 0.462 e. The molecule has 0 heterocycles. The minimum Gasteiger partial charge on any atom is -0.462 e. The molecule has 9 heteroatoms. The van der Waals surface area contributed by atoms with Crippen molar-refractivity contribution in [3.63, 3.8) is 0 Å². The van der Waals surface area contributed by atoms with Crippen molar-refractivity contribution in [2.45, 2.75) is 24.7 Å². The van der Waals surface area contributed by atoms with Crippen molar-refractivity contribution in [2.24, 2.45) is 0 Å². The van der Waals surface area contributed by atoms with Crippen LogP contribution >= 0.6 is 0 Å². The number of carbonyl (C=O) groups is 1. The first-order valence-electron chi connectivity index (χ1n) is 9.03. The monoisotopic (exact) mass is 439 g/mol. The lowest BCUT2D eigenvalue weighted by atomic mass is 10.00. The van der Waals surface area contributed by atoms with Gasteiger partial charge in [-0.1, -0.05) is 29.8 Å². The van der Waals surface area contributed by atoms with Crippen molar-refractivity contribution < 1.29 is 26.4 Å². The fraction of sp³-hybridized carbons (Fsp3) is 0.350. The maximum absolute atomic E-state index is 12.9. The molecule has 0 radical (unpaired) electrons. The Morgan fingerprint density at radius 2 is 1.59 bits per heavy atom. The van der Waals surface area contributed by atoms with E-state index in [0.29, 0.717) is 11.1 Å². The predicted molar refractivity (Wildman–Crippen MR) is 111 cm³/mol. The molecule has 0 saturated carbocycles. The lowest BCUT2D eigenvalue weighted by Gasteiger charge is -2.18. The molecular formula is C20H25NO6S2. The Morgan fingerprint density at radius 3 is 2.10 bits per heavy atom. The number of carbonyl (C=O) groups excluding carboxylic acids is 1. The molecule has 0 aliphatic heterocycles. The number of hydrogen-bond acceptors (Lipinski definition) is 6. The highest BCUT2D eigenvalue weighted by Gasteiger charge is 2.24. The van der Waals surface area contributed by atoms with Gasteiger partial charge in [0.25, 0.3) is 0 Å². The van der Waals surface area contributed by atoms with Crippen LogP contribution in [0.1, 0.15) is 34.3 Å².